The molecule has 2 fully saturated rings. The molecule has 2 aliphatic rings. The van der Waals surface area contributed by atoms with Crippen molar-refractivity contribution in [3.05, 3.63) is 48.2 Å². The molecule has 8 nitrogen and oxygen atoms in total. The van der Waals surface area contributed by atoms with Crippen LogP contribution in [-0.4, -0.2) is 72.2 Å². The Kier molecular flexibility index (Phi) is 6.90. The van der Waals surface area contributed by atoms with E-state index in [0.717, 1.165) is 37.5 Å². The first-order valence-electron chi connectivity index (χ1n) is 12.0. The zero-order valence-electron chi connectivity index (χ0n) is 20.7. The fourth-order valence-corrected chi connectivity index (χ4v) is 4.90. The lowest BCUT2D eigenvalue weighted by Gasteiger charge is -2.39. The van der Waals surface area contributed by atoms with Crippen LogP contribution in [0, 0.1) is 0 Å². The minimum Gasteiger partial charge on any atom is -0.444 e. The van der Waals surface area contributed by atoms with Crippen molar-refractivity contribution in [3.8, 4) is 11.3 Å². The van der Waals surface area contributed by atoms with E-state index in [1.54, 1.807) is 23.1 Å². The Hall–Kier alpha value is -2.94. The van der Waals surface area contributed by atoms with E-state index >= 15 is 0 Å². The molecule has 0 atom stereocenters. The summed E-state index contributed by atoms with van der Waals surface area (Å²) in [5.41, 5.74) is 1.54. The lowest BCUT2D eigenvalue weighted by atomic mass is 10.0. The molecule has 1 aliphatic carbocycles. The number of benzene rings is 1. The molecule has 1 aliphatic heterocycles. The number of rotatable bonds is 5. The number of sulfone groups is 1. The van der Waals surface area contributed by atoms with Crippen LogP contribution >= 0.6 is 0 Å². The first-order valence-corrected chi connectivity index (χ1v) is 13.9. The molecule has 1 saturated heterocycles. The third-order valence-electron chi connectivity index (χ3n) is 6.28. The van der Waals surface area contributed by atoms with E-state index in [2.05, 4.69) is 4.98 Å². The summed E-state index contributed by atoms with van der Waals surface area (Å²) < 4.78 is 28.8. The van der Waals surface area contributed by atoms with Crippen molar-refractivity contribution in [2.75, 3.05) is 19.3 Å². The molecule has 1 aromatic heterocycles. The number of likely N-dealkylation sites (tertiary alicyclic amines) is 1. The summed E-state index contributed by atoms with van der Waals surface area (Å²) in [6.07, 6.45) is 5.68. The molecule has 2 heterocycles. The molecule has 0 bridgehead atoms. The summed E-state index contributed by atoms with van der Waals surface area (Å²) in [7, 11) is -3.30. The Morgan fingerprint density at radius 1 is 0.971 bits per heavy atom. The summed E-state index contributed by atoms with van der Waals surface area (Å²) >= 11 is 0. The van der Waals surface area contributed by atoms with Crippen molar-refractivity contribution in [1.29, 1.82) is 0 Å². The number of piperidine rings is 1. The summed E-state index contributed by atoms with van der Waals surface area (Å²) in [6, 6.07) is 10.8. The zero-order valence-corrected chi connectivity index (χ0v) is 21.5. The number of ether oxygens (including phenoxy) is 1. The number of carbonyl (C=O) groups excluding carboxylic acids is 2. The number of hydrogen-bond donors (Lipinski definition) is 0. The molecule has 2 aromatic rings. The van der Waals surface area contributed by atoms with Gasteiger partial charge in [-0.3, -0.25) is 9.78 Å². The van der Waals surface area contributed by atoms with Crippen molar-refractivity contribution < 1.29 is 22.7 Å². The maximum absolute atomic E-state index is 13.5. The molecular formula is C26H33N3O5S. The molecular weight excluding hydrogens is 466 g/mol. The molecule has 2 amide bonds. The van der Waals surface area contributed by atoms with Gasteiger partial charge in [0.1, 0.15) is 5.60 Å². The summed E-state index contributed by atoms with van der Waals surface area (Å²) in [4.78, 5) is 34.0. The van der Waals surface area contributed by atoms with Crippen molar-refractivity contribution in [1.82, 2.24) is 14.8 Å². The van der Waals surface area contributed by atoms with E-state index in [9.17, 15) is 18.0 Å². The van der Waals surface area contributed by atoms with Crippen LogP contribution in [0.1, 0.15) is 56.8 Å². The Morgan fingerprint density at radius 2 is 1.57 bits per heavy atom. The number of amides is 2. The first kappa shape index (κ1) is 25.2. The minimum atomic E-state index is -3.30. The number of nitrogens with zero attached hydrogens (tertiary/aromatic N) is 3. The highest BCUT2D eigenvalue weighted by Crippen LogP contribution is 2.34. The van der Waals surface area contributed by atoms with Gasteiger partial charge in [0.05, 0.1) is 10.6 Å². The molecule has 0 N–H and O–H groups in total. The monoisotopic (exact) mass is 499 g/mol. The highest BCUT2D eigenvalue weighted by molar-refractivity contribution is 7.90. The smallest absolute Gasteiger partial charge is 0.410 e. The Balaban J connectivity index is 1.42. The van der Waals surface area contributed by atoms with Crippen LogP contribution in [-0.2, 0) is 14.6 Å². The fraction of sp³-hybridized carbons (Fsp3) is 0.500. The van der Waals surface area contributed by atoms with Gasteiger partial charge in [-0.25, -0.2) is 13.2 Å². The Morgan fingerprint density at radius 3 is 2.06 bits per heavy atom. The van der Waals surface area contributed by atoms with E-state index in [0.29, 0.717) is 24.3 Å². The van der Waals surface area contributed by atoms with Gasteiger partial charge in [0.2, 0.25) is 0 Å². The van der Waals surface area contributed by atoms with E-state index < -0.39 is 15.4 Å². The molecule has 0 radical (unpaired) electrons. The largest absolute Gasteiger partial charge is 0.444 e. The predicted molar refractivity (Wildman–Crippen MR) is 133 cm³/mol. The predicted octanol–water partition coefficient (Wildman–Crippen LogP) is 4.16. The van der Waals surface area contributed by atoms with Crippen molar-refractivity contribution in [3.63, 3.8) is 0 Å². The maximum atomic E-state index is 13.5. The van der Waals surface area contributed by atoms with Crippen LogP contribution < -0.4 is 0 Å². The lowest BCUT2D eigenvalue weighted by Crippen LogP contribution is -2.50. The summed E-state index contributed by atoms with van der Waals surface area (Å²) in [5, 5.41) is 0. The summed E-state index contributed by atoms with van der Waals surface area (Å²) in [5.74, 6) is 0.00940. The molecule has 1 saturated carbocycles. The quantitative estimate of drug-likeness (QED) is 0.613. The highest BCUT2D eigenvalue weighted by atomic mass is 32.2. The Bertz CT molecular complexity index is 1170. The van der Waals surface area contributed by atoms with Gasteiger partial charge in [-0.05, 0) is 70.7 Å². The van der Waals surface area contributed by atoms with E-state index in [1.807, 2.05) is 37.8 Å². The number of pyridine rings is 1. The fourth-order valence-electron chi connectivity index (χ4n) is 4.34. The molecule has 0 unspecified atom stereocenters. The summed E-state index contributed by atoms with van der Waals surface area (Å²) in [6.45, 7) is 6.72. The normalized spacial score (nSPS) is 17.2. The maximum Gasteiger partial charge on any atom is 0.410 e. The van der Waals surface area contributed by atoms with Crippen LogP contribution in [0.2, 0.25) is 0 Å². The average molecular weight is 500 g/mol. The third kappa shape index (κ3) is 6.20. The van der Waals surface area contributed by atoms with Gasteiger partial charge in [0.25, 0.3) is 5.91 Å². The molecule has 9 heteroatoms. The van der Waals surface area contributed by atoms with Crippen molar-refractivity contribution in [2.24, 2.45) is 0 Å². The van der Waals surface area contributed by atoms with Gasteiger partial charge in [-0.1, -0.05) is 12.1 Å². The van der Waals surface area contributed by atoms with Gasteiger partial charge in [0, 0.05) is 48.8 Å². The van der Waals surface area contributed by atoms with Crippen LogP contribution in [0.15, 0.2) is 47.5 Å². The second-order valence-electron chi connectivity index (χ2n) is 10.4. The highest BCUT2D eigenvalue weighted by Gasteiger charge is 2.39. The van der Waals surface area contributed by atoms with Crippen molar-refractivity contribution in [2.45, 2.75) is 69.0 Å². The second-order valence-corrected chi connectivity index (χ2v) is 12.4. The molecule has 1 aromatic carbocycles. The van der Waals surface area contributed by atoms with Crippen LogP contribution in [0.3, 0.4) is 0 Å². The topological polar surface area (TPSA) is 96.9 Å². The molecule has 4 rings (SSSR count). The lowest BCUT2D eigenvalue weighted by molar-refractivity contribution is 0.0142. The van der Waals surface area contributed by atoms with Gasteiger partial charge < -0.3 is 14.5 Å². The molecule has 188 valence electrons. The standard InChI is InChI=1S/C26H33N3O5S/c1-26(2,3)34-25(31)28-15-13-21(14-16-28)29(20-9-10-20)24(30)19-7-5-18(6-8-19)23-12-11-22(17-27-23)35(4,32)33/h5-8,11-12,17,20-21H,9-10,13-16H2,1-4H3. The minimum absolute atomic E-state index is 0.00940. The molecule has 35 heavy (non-hydrogen) atoms. The van der Waals surface area contributed by atoms with Gasteiger partial charge in [0.15, 0.2) is 9.84 Å². The average Bonchev–Trinajstić information content (AvgIpc) is 3.63. The van der Waals surface area contributed by atoms with Crippen LogP contribution in [0.25, 0.3) is 11.3 Å². The first-order chi connectivity index (χ1) is 16.4. The third-order valence-corrected chi connectivity index (χ3v) is 7.37. The number of hydrogen-bond acceptors (Lipinski definition) is 6. The van der Waals surface area contributed by atoms with E-state index in [-0.39, 0.29) is 29.0 Å². The van der Waals surface area contributed by atoms with Crippen LogP contribution in [0.4, 0.5) is 4.79 Å². The molecule has 0 spiro atoms. The van der Waals surface area contributed by atoms with E-state index in [1.165, 1.54) is 12.3 Å². The number of aromatic nitrogens is 1. The zero-order chi connectivity index (χ0) is 25.4. The van der Waals surface area contributed by atoms with Crippen LogP contribution in [0.5, 0.6) is 0 Å². The second kappa shape index (κ2) is 9.60. The van der Waals surface area contributed by atoms with Gasteiger partial charge in [-0.2, -0.15) is 0 Å². The Labute approximate surface area is 207 Å². The number of carbonyl (C=O) groups is 2. The van der Waals surface area contributed by atoms with E-state index in [4.69, 9.17) is 4.74 Å². The van der Waals surface area contributed by atoms with Gasteiger partial charge >= 0.3 is 6.09 Å². The van der Waals surface area contributed by atoms with Crippen molar-refractivity contribution >= 4 is 21.8 Å². The SMILES string of the molecule is CC(C)(C)OC(=O)N1CCC(N(C(=O)c2ccc(-c3ccc(S(C)(=O)=O)cn3)cc2)C2CC2)CC1. The van der Waals surface area contributed by atoms with Gasteiger partial charge in [-0.15, -0.1) is 0 Å².